The first-order chi connectivity index (χ1) is 13.7. The molecule has 1 amide bonds. The molecule has 0 spiro atoms. The summed E-state index contributed by atoms with van der Waals surface area (Å²) in [6.45, 7) is 2.23. The monoisotopic (exact) mass is 378 g/mol. The third-order valence-electron chi connectivity index (χ3n) is 6.74. The SMILES string of the molecule is O=C(C1CCCCC1)N1C[C@H]2C[C@H](C1)c1ccc(-c3cncnc3)c(=O)n1C2. The minimum Gasteiger partial charge on any atom is -0.341 e. The van der Waals surface area contributed by atoms with Crippen LogP contribution >= 0.6 is 0 Å². The van der Waals surface area contributed by atoms with Gasteiger partial charge in [-0.2, -0.15) is 0 Å². The maximum Gasteiger partial charge on any atom is 0.258 e. The van der Waals surface area contributed by atoms with Crippen molar-refractivity contribution in [2.45, 2.75) is 51.0 Å². The van der Waals surface area contributed by atoms with Crippen molar-refractivity contribution >= 4 is 5.91 Å². The first-order valence-electron chi connectivity index (χ1n) is 10.5. The number of piperidine rings is 1. The number of fused-ring (bicyclic) bond motifs is 4. The predicted molar refractivity (Wildman–Crippen MR) is 106 cm³/mol. The van der Waals surface area contributed by atoms with Crippen molar-refractivity contribution in [3.63, 3.8) is 0 Å². The van der Waals surface area contributed by atoms with Crippen LogP contribution in [-0.4, -0.2) is 38.4 Å². The lowest BCUT2D eigenvalue weighted by molar-refractivity contribution is -0.139. The summed E-state index contributed by atoms with van der Waals surface area (Å²) < 4.78 is 1.93. The molecule has 2 atom stereocenters. The second-order valence-corrected chi connectivity index (χ2v) is 8.59. The molecule has 0 radical (unpaired) electrons. The van der Waals surface area contributed by atoms with Crippen LogP contribution in [0.1, 0.15) is 50.1 Å². The topological polar surface area (TPSA) is 68.1 Å². The molecule has 28 heavy (non-hydrogen) atoms. The second kappa shape index (κ2) is 7.15. The number of amides is 1. The molecule has 2 aromatic rings. The first kappa shape index (κ1) is 17.6. The molecule has 5 rings (SSSR count). The summed E-state index contributed by atoms with van der Waals surface area (Å²) in [5.41, 5.74) is 2.52. The molecule has 1 saturated carbocycles. The zero-order valence-corrected chi connectivity index (χ0v) is 16.1. The Hall–Kier alpha value is -2.50. The average molecular weight is 378 g/mol. The molecule has 0 unspecified atom stereocenters. The van der Waals surface area contributed by atoms with Crippen LogP contribution in [0.5, 0.6) is 0 Å². The number of carbonyl (C=O) groups is 1. The molecule has 1 saturated heterocycles. The van der Waals surface area contributed by atoms with Crippen molar-refractivity contribution in [2.24, 2.45) is 11.8 Å². The number of rotatable bonds is 2. The van der Waals surface area contributed by atoms with Crippen LogP contribution in [0.15, 0.2) is 35.6 Å². The largest absolute Gasteiger partial charge is 0.341 e. The first-order valence-corrected chi connectivity index (χ1v) is 10.5. The van der Waals surface area contributed by atoms with Gasteiger partial charge in [0.25, 0.3) is 5.56 Å². The highest BCUT2D eigenvalue weighted by atomic mass is 16.2. The van der Waals surface area contributed by atoms with E-state index >= 15 is 0 Å². The lowest BCUT2D eigenvalue weighted by atomic mass is 9.81. The molecule has 0 N–H and O–H groups in total. The molecule has 0 aromatic carbocycles. The van der Waals surface area contributed by atoms with Gasteiger partial charge in [-0.05, 0) is 37.3 Å². The van der Waals surface area contributed by atoms with E-state index < -0.39 is 0 Å². The van der Waals surface area contributed by atoms with E-state index in [1.54, 1.807) is 12.4 Å². The third-order valence-corrected chi connectivity index (χ3v) is 6.74. The lowest BCUT2D eigenvalue weighted by Gasteiger charge is -2.44. The van der Waals surface area contributed by atoms with Gasteiger partial charge in [0.2, 0.25) is 5.91 Å². The second-order valence-electron chi connectivity index (χ2n) is 8.59. The highest BCUT2D eigenvalue weighted by molar-refractivity contribution is 5.79. The van der Waals surface area contributed by atoms with E-state index in [0.29, 0.717) is 23.9 Å². The van der Waals surface area contributed by atoms with Crippen molar-refractivity contribution in [3.8, 4) is 11.1 Å². The normalized spacial score (nSPS) is 24.6. The Bertz CT molecular complexity index is 933. The fourth-order valence-corrected chi connectivity index (χ4v) is 5.39. The van der Waals surface area contributed by atoms with E-state index in [4.69, 9.17) is 0 Å². The molecule has 2 fully saturated rings. The number of hydrogen-bond donors (Lipinski definition) is 0. The van der Waals surface area contributed by atoms with Crippen LogP contribution in [0, 0.1) is 11.8 Å². The quantitative estimate of drug-likeness (QED) is 0.806. The van der Waals surface area contributed by atoms with Crippen LogP contribution < -0.4 is 5.56 Å². The van der Waals surface area contributed by atoms with Gasteiger partial charge in [-0.1, -0.05) is 19.3 Å². The molecule has 3 aliphatic rings. The van der Waals surface area contributed by atoms with Crippen molar-refractivity contribution in [1.29, 1.82) is 0 Å². The fourth-order valence-electron chi connectivity index (χ4n) is 5.39. The zero-order chi connectivity index (χ0) is 19.1. The molecule has 2 aromatic heterocycles. The maximum absolute atomic E-state index is 13.1. The molecule has 2 bridgehead atoms. The van der Waals surface area contributed by atoms with Gasteiger partial charge in [-0.25, -0.2) is 9.97 Å². The van der Waals surface area contributed by atoms with Gasteiger partial charge in [0.1, 0.15) is 6.33 Å². The van der Waals surface area contributed by atoms with Crippen LogP contribution in [0.3, 0.4) is 0 Å². The van der Waals surface area contributed by atoms with E-state index in [-0.39, 0.29) is 17.4 Å². The summed E-state index contributed by atoms with van der Waals surface area (Å²) in [6.07, 6.45) is 11.6. The van der Waals surface area contributed by atoms with E-state index in [9.17, 15) is 9.59 Å². The summed E-state index contributed by atoms with van der Waals surface area (Å²) in [5, 5.41) is 0. The van der Waals surface area contributed by atoms with Crippen LogP contribution in [-0.2, 0) is 11.3 Å². The Morgan fingerprint density at radius 3 is 2.57 bits per heavy atom. The van der Waals surface area contributed by atoms with Crippen LogP contribution in [0.25, 0.3) is 11.1 Å². The van der Waals surface area contributed by atoms with Crippen molar-refractivity contribution in [2.75, 3.05) is 13.1 Å². The number of nitrogens with zero attached hydrogens (tertiary/aromatic N) is 4. The Labute approximate surface area is 164 Å². The van der Waals surface area contributed by atoms with E-state index in [0.717, 1.165) is 43.6 Å². The Morgan fingerprint density at radius 1 is 1.00 bits per heavy atom. The summed E-state index contributed by atoms with van der Waals surface area (Å²) in [4.78, 5) is 36.4. The number of carbonyl (C=O) groups excluding carboxylic acids is 1. The number of pyridine rings is 1. The fraction of sp³-hybridized carbons (Fsp3) is 0.545. The van der Waals surface area contributed by atoms with Gasteiger partial charge in [-0.3, -0.25) is 9.59 Å². The Morgan fingerprint density at radius 2 is 1.79 bits per heavy atom. The molecule has 2 aliphatic heterocycles. The summed E-state index contributed by atoms with van der Waals surface area (Å²) in [6, 6.07) is 3.97. The van der Waals surface area contributed by atoms with Crippen molar-refractivity contribution in [1.82, 2.24) is 19.4 Å². The summed E-state index contributed by atoms with van der Waals surface area (Å²) in [5.74, 6) is 1.19. The molecular formula is C22H26N4O2. The van der Waals surface area contributed by atoms with E-state index in [1.807, 2.05) is 10.6 Å². The molecule has 6 heteroatoms. The highest BCUT2D eigenvalue weighted by Gasteiger charge is 2.38. The standard InChI is InChI=1S/C22H26N4O2/c27-21(16-4-2-1-3-5-16)25-11-15-8-17(13-25)20-7-6-19(22(28)26(20)12-15)18-9-23-14-24-10-18/h6-7,9-10,14-17H,1-5,8,11-13H2/t15-,17-/m1/s1. The van der Waals surface area contributed by atoms with Gasteiger partial charge in [0.15, 0.2) is 0 Å². The van der Waals surface area contributed by atoms with E-state index in [2.05, 4.69) is 20.9 Å². The Kier molecular flexibility index (Phi) is 4.49. The molecule has 4 heterocycles. The Balaban J connectivity index is 1.42. The average Bonchev–Trinajstić information content (AvgIpc) is 2.75. The molecular weight excluding hydrogens is 352 g/mol. The number of likely N-dealkylation sites (tertiary alicyclic amines) is 1. The summed E-state index contributed by atoms with van der Waals surface area (Å²) in [7, 11) is 0. The summed E-state index contributed by atoms with van der Waals surface area (Å²) >= 11 is 0. The third kappa shape index (κ3) is 3.05. The van der Waals surface area contributed by atoms with Crippen LogP contribution in [0.2, 0.25) is 0 Å². The minimum atomic E-state index is 0.0362. The molecule has 146 valence electrons. The minimum absolute atomic E-state index is 0.0362. The van der Waals surface area contributed by atoms with E-state index in [1.165, 1.54) is 25.6 Å². The van der Waals surface area contributed by atoms with Gasteiger partial charge in [-0.15, -0.1) is 0 Å². The lowest BCUT2D eigenvalue weighted by Crippen LogP contribution is -2.50. The maximum atomic E-state index is 13.1. The molecule has 6 nitrogen and oxygen atoms in total. The van der Waals surface area contributed by atoms with Crippen molar-refractivity contribution in [3.05, 3.63) is 46.9 Å². The van der Waals surface area contributed by atoms with Gasteiger partial charge in [0, 0.05) is 55.1 Å². The van der Waals surface area contributed by atoms with Gasteiger partial charge in [0.05, 0.1) is 5.56 Å². The predicted octanol–water partition coefficient (Wildman–Crippen LogP) is 2.83. The number of hydrogen-bond acceptors (Lipinski definition) is 4. The van der Waals surface area contributed by atoms with Crippen molar-refractivity contribution < 1.29 is 4.79 Å². The highest BCUT2D eigenvalue weighted by Crippen LogP contribution is 2.37. The van der Waals surface area contributed by atoms with Gasteiger partial charge >= 0.3 is 0 Å². The van der Waals surface area contributed by atoms with Gasteiger partial charge < -0.3 is 9.47 Å². The molecule has 1 aliphatic carbocycles. The number of aromatic nitrogens is 3. The zero-order valence-electron chi connectivity index (χ0n) is 16.1. The van der Waals surface area contributed by atoms with Crippen LogP contribution in [0.4, 0.5) is 0 Å². The smallest absolute Gasteiger partial charge is 0.258 e.